The highest BCUT2D eigenvalue weighted by molar-refractivity contribution is 9.09. The molecular weight excluding hydrogens is 732 g/mol. The molecule has 1 aromatic rings. The van der Waals surface area contributed by atoms with E-state index in [1.807, 2.05) is 37.3 Å². The van der Waals surface area contributed by atoms with Crippen LogP contribution >= 0.6 is 15.9 Å². The summed E-state index contributed by atoms with van der Waals surface area (Å²) in [5.74, 6) is -3.10. The number of likely N-dealkylation sites (N-methyl/N-ethyl adjacent to an activating group) is 1. The van der Waals surface area contributed by atoms with E-state index < -0.39 is 47.7 Å². The summed E-state index contributed by atoms with van der Waals surface area (Å²) in [6, 6.07) is 7.83. The van der Waals surface area contributed by atoms with Crippen LogP contribution in [0.25, 0.3) is 0 Å². The highest BCUT2D eigenvalue weighted by atomic mass is 79.9. The van der Waals surface area contributed by atoms with Gasteiger partial charge in [-0.3, -0.25) is 24.1 Å². The lowest BCUT2D eigenvalue weighted by Gasteiger charge is -2.38. The van der Waals surface area contributed by atoms with Crippen LogP contribution < -0.4 is 0 Å². The quantitative estimate of drug-likeness (QED) is 0.0973. The maximum atomic E-state index is 14.8. The van der Waals surface area contributed by atoms with Crippen molar-refractivity contribution in [2.45, 2.75) is 80.2 Å². The first kappa shape index (κ1) is 40.1. The lowest BCUT2D eigenvalue weighted by molar-refractivity contribution is -0.164. The van der Waals surface area contributed by atoms with Crippen molar-refractivity contribution in [2.24, 2.45) is 11.8 Å². The van der Waals surface area contributed by atoms with Gasteiger partial charge in [-0.2, -0.15) is 0 Å². The molecule has 4 fully saturated rings. The van der Waals surface area contributed by atoms with Crippen LogP contribution in [0, 0.1) is 11.8 Å². The summed E-state index contributed by atoms with van der Waals surface area (Å²) < 4.78 is 18.6. The summed E-state index contributed by atoms with van der Waals surface area (Å²) in [4.78, 5) is 64.0. The third kappa shape index (κ3) is 8.33. The van der Waals surface area contributed by atoms with E-state index in [1.54, 1.807) is 33.9 Å². The molecule has 3 amide bonds. The van der Waals surface area contributed by atoms with Crippen LogP contribution in [-0.2, 0) is 33.4 Å². The molecule has 1 spiro atoms. The van der Waals surface area contributed by atoms with Crippen LogP contribution in [0.15, 0.2) is 55.6 Å². The number of halogens is 1. The molecule has 0 aromatic heterocycles. The van der Waals surface area contributed by atoms with Crippen LogP contribution in [0.3, 0.4) is 0 Å². The molecule has 13 heteroatoms. The number of nitrogens with zero attached hydrogens (tertiary/aromatic N) is 4. The number of allylic oxidation sites excluding steroid dienone is 1. The second-order valence-corrected chi connectivity index (χ2v) is 15.5. The Morgan fingerprint density at radius 3 is 2.52 bits per heavy atom. The lowest BCUT2D eigenvalue weighted by Crippen LogP contribution is -2.57. The molecule has 1 N–H and O–H groups in total. The summed E-state index contributed by atoms with van der Waals surface area (Å²) in [5.41, 5.74) is -0.519. The molecule has 4 saturated heterocycles. The minimum absolute atomic E-state index is 0.0392. The highest BCUT2D eigenvalue weighted by Crippen LogP contribution is 2.60. The first-order valence-electron chi connectivity index (χ1n) is 18.6. The molecular formula is C39H55BrN4O8. The molecule has 0 aliphatic carbocycles. The van der Waals surface area contributed by atoms with E-state index in [1.165, 1.54) is 0 Å². The third-order valence-corrected chi connectivity index (χ3v) is 12.0. The molecule has 1 unspecified atom stereocenters. The Balaban J connectivity index is 1.45. The number of morpholine rings is 1. The van der Waals surface area contributed by atoms with E-state index in [4.69, 9.17) is 14.2 Å². The van der Waals surface area contributed by atoms with Gasteiger partial charge in [0.25, 0.3) is 0 Å². The van der Waals surface area contributed by atoms with Gasteiger partial charge >= 0.3 is 5.97 Å². The number of aliphatic hydroxyl groups is 1. The maximum absolute atomic E-state index is 14.8. The smallest absolute Gasteiger partial charge is 0.313 e. The number of aliphatic hydroxyl groups excluding tert-OH is 1. The Morgan fingerprint density at radius 2 is 1.85 bits per heavy atom. The topological polar surface area (TPSA) is 129 Å². The number of hydrogen-bond acceptors (Lipinski definition) is 9. The molecule has 4 aliphatic rings. The predicted octanol–water partition coefficient (Wildman–Crippen LogP) is 3.34. The number of fused-ring (bicyclic) bond motifs is 1. The molecule has 52 heavy (non-hydrogen) atoms. The molecule has 8 atom stereocenters. The number of unbranched alkanes of at least 4 members (excludes halogenated alkanes) is 2. The summed E-state index contributed by atoms with van der Waals surface area (Å²) in [7, 11) is 1.70. The average Bonchev–Trinajstić information content (AvgIpc) is 3.75. The lowest BCUT2D eigenvalue weighted by atomic mass is 9.70. The van der Waals surface area contributed by atoms with Gasteiger partial charge in [0.1, 0.15) is 17.7 Å². The van der Waals surface area contributed by atoms with Gasteiger partial charge < -0.3 is 34.0 Å². The number of amides is 3. The minimum atomic E-state index is -1.24. The summed E-state index contributed by atoms with van der Waals surface area (Å²) >= 11 is 3.77. The van der Waals surface area contributed by atoms with Gasteiger partial charge in [0, 0.05) is 64.2 Å². The van der Waals surface area contributed by atoms with Gasteiger partial charge in [0.05, 0.1) is 37.2 Å². The zero-order chi connectivity index (χ0) is 37.4. The number of carbonyl (C=O) groups is 4. The van der Waals surface area contributed by atoms with Gasteiger partial charge in [0.15, 0.2) is 0 Å². The fourth-order valence-electron chi connectivity index (χ4n) is 8.32. The van der Waals surface area contributed by atoms with E-state index in [0.29, 0.717) is 71.5 Å². The molecule has 12 nitrogen and oxygen atoms in total. The Morgan fingerprint density at radius 1 is 1.12 bits per heavy atom. The first-order chi connectivity index (χ1) is 25.1. The summed E-state index contributed by atoms with van der Waals surface area (Å²) in [6.45, 7) is 14.1. The average molecular weight is 788 g/mol. The molecule has 4 heterocycles. The van der Waals surface area contributed by atoms with Crippen LogP contribution in [0.4, 0.5) is 0 Å². The van der Waals surface area contributed by atoms with Crippen molar-refractivity contribution < 1.29 is 38.5 Å². The first-order valence-corrected chi connectivity index (χ1v) is 19.6. The Bertz CT molecular complexity index is 1430. The number of likely N-dealkylation sites (tertiary alicyclic amines) is 1. The number of carbonyl (C=O) groups excluding carboxylic acids is 4. The van der Waals surface area contributed by atoms with Crippen LogP contribution in [0.2, 0.25) is 0 Å². The van der Waals surface area contributed by atoms with Crippen LogP contribution in [-0.4, -0.2) is 143 Å². The van der Waals surface area contributed by atoms with Crippen LogP contribution in [0.1, 0.15) is 57.1 Å². The second-order valence-electron chi connectivity index (χ2n) is 14.3. The zero-order valence-corrected chi connectivity index (χ0v) is 32.2. The summed E-state index contributed by atoms with van der Waals surface area (Å²) in [6.07, 6.45) is 4.92. The molecule has 2 bridgehead atoms. The number of esters is 1. The van der Waals surface area contributed by atoms with Crippen molar-refractivity contribution in [3.05, 3.63) is 61.2 Å². The number of benzene rings is 1. The zero-order valence-electron chi connectivity index (χ0n) is 30.6. The largest absolute Gasteiger partial charge is 0.455 e. The van der Waals surface area contributed by atoms with E-state index in [-0.39, 0.29) is 35.6 Å². The molecule has 0 saturated carbocycles. The van der Waals surface area contributed by atoms with Gasteiger partial charge in [-0.05, 0) is 44.6 Å². The second kappa shape index (κ2) is 18.3. The number of ether oxygens (including phenoxy) is 3. The van der Waals surface area contributed by atoms with E-state index in [9.17, 15) is 24.3 Å². The maximum Gasteiger partial charge on any atom is 0.313 e. The van der Waals surface area contributed by atoms with Crippen molar-refractivity contribution in [1.29, 1.82) is 0 Å². The van der Waals surface area contributed by atoms with E-state index in [0.717, 1.165) is 18.7 Å². The monoisotopic (exact) mass is 786 g/mol. The van der Waals surface area contributed by atoms with Crippen molar-refractivity contribution in [1.82, 2.24) is 19.6 Å². The van der Waals surface area contributed by atoms with Crippen molar-refractivity contribution in [3.8, 4) is 0 Å². The number of rotatable bonds is 19. The fraction of sp³-hybridized carbons (Fsp3) is 0.641. The van der Waals surface area contributed by atoms with E-state index in [2.05, 4.69) is 34.0 Å². The standard InChI is InChI=1S/C39H55BrN4O8/c1-5-7-16-30(46)41(4)27(3)33(28-14-10-8-11-15-28)51-38(49)31-32-36(47)44(18-12-9-13-23-45)35(39(32)26-29(40)34(31)52-39)37(48)43(17-6-2)20-19-42-21-24-50-25-22-42/h5-6,8,10-11,14-15,27,29,31-35,45H,1-2,7,9,12-13,16-26H2,3-4H3/t27-,29?,31+,32-,33+,34+,35+,39-/m1/s1. The van der Waals surface area contributed by atoms with E-state index >= 15 is 0 Å². The number of alkyl halides is 1. The normalized spacial score (nSPS) is 27.9. The van der Waals surface area contributed by atoms with Crippen molar-refractivity contribution in [3.63, 3.8) is 0 Å². The molecule has 1 aromatic carbocycles. The van der Waals surface area contributed by atoms with Crippen molar-refractivity contribution in [2.75, 3.05) is 66.1 Å². The van der Waals surface area contributed by atoms with Gasteiger partial charge in [-0.15, -0.1) is 13.2 Å². The Hall–Kier alpha value is -3.10. The molecule has 4 aliphatic heterocycles. The molecule has 5 rings (SSSR count). The summed E-state index contributed by atoms with van der Waals surface area (Å²) in [5, 5.41) is 9.42. The Labute approximate surface area is 316 Å². The van der Waals surface area contributed by atoms with Crippen molar-refractivity contribution >= 4 is 39.6 Å². The fourth-order valence-corrected chi connectivity index (χ4v) is 9.26. The SMILES string of the molecule is C=CCCC(=O)N(C)[C@H](C)[C@H](OC(=O)[C@@H]1[C@H]2O[C@@]3(CC2Br)[C@H](C(=O)N(CC=C)CCN2CCOCC2)N(CCCCCO)C(=O)[C@@H]13)c1ccccc1. The molecule has 0 radical (unpaired) electrons. The van der Waals surface area contributed by atoms with Gasteiger partial charge in [-0.25, -0.2) is 0 Å². The minimum Gasteiger partial charge on any atom is -0.455 e. The Kier molecular flexibility index (Phi) is 14.1. The van der Waals surface area contributed by atoms with Gasteiger partial charge in [0.2, 0.25) is 17.7 Å². The van der Waals surface area contributed by atoms with Gasteiger partial charge in [-0.1, -0.05) is 58.4 Å². The van der Waals surface area contributed by atoms with Crippen LogP contribution in [0.5, 0.6) is 0 Å². The molecule has 286 valence electrons. The highest BCUT2D eigenvalue weighted by Gasteiger charge is 2.77. The predicted molar refractivity (Wildman–Crippen MR) is 199 cm³/mol. The third-order valence-electron chi connectivity index (χ3n) is 11.2. The number of hydrogen-bond donors (Lipinski definition) is 1.